The van der Waals surface area contributed by atoms with Crippen LogP contribution >= 0.6 is 56.5 Å². The van der Waals surface area contributed by atoms with Crippen LogP contribution in [0.5, 0.6) is 0 Å². The summed E-state index contributed by atoms with van der Waals surface area (Å²) in [7, 11) is 1.61. The molecule has 0 aliphatic carbocycles. The molecule has 2 aromatic rings. The van der Waals surface area contributed by atoms with E-state index in [1.165, 1.54) is 28.4 Å². The summed E-state index contributed by atoms with van der Waals surface area (Å²) in [6.45, 7) is 1.89. The van der Waals surface area contributed by atoms with Crippen LogP contribution in [0.15, 0.2) is 29.3 Å². The topological polar surface area (TPSA) is 82.5 Å². The third-order valence-corrected chi connectivity index (χ3v) is 8.45. The predicted octanol–water partition coefficient (Wildman–Crippen LogP) is 3.84. The average Bonchev–Trinajstić information content (AvgIpc) is 3.01. The monoisotopic (exact) mass is 594 g/mol. The fraction of sp³-hybridized carbons (Fsp3) is 0.235. The Morgan fingerprint density at radius 3 is 2.81 bits per heavy atom. The van der Waals surface area contributed by atoms with Gasteiger partial charge in [-0.15, -0.1) is 11.3 Å². The van der Waals surface area contributed by atoms with E-state index in [0.717, 1.165) is 18.9 Å². The zero-order valence-corrected chi connectivity index (χ0v) is 18.9. The zero-order valence-electron chi connectivity index (χ0n) is 13.8. The molecule has 26 heavy (non-hydrogen) atoms. The summed E-state index contributed by atoms with van der Waals surface area (Å²) < 4.78 is 14.2. The minimum absolute atomic E-state index is 0.000707. The van der Waals surface area contributed by atoms with E-state index in [1.807, 2.05) is 19.1 Å². The lowest BCUT2D eigenvalue weighted by atomic mass is 9.93. The summed E-state index contributed by atoms with van der Waals surface area (Å²) in [5, 5.41) is 9.06. The maximum atomic E-state index is 13.6. The number of guanidine groups is 1. The smallest absolute Gasteiger partial charge is 0.244 e. The maximum absolute atomic E-state index is 13.6. The van der Waals surface area contributed by atoms with E-state index < -0.39 is 15.3 Å². The molecule has 2 heterocycles. The summed E-state index contributed by atoms with van der Waals surface area (Å²) >= 11 is 5.82. The number of nitriles is 1. The number of nitrogens with two attached hydrogens (primary N) is 1. The summed E-state index contributed by atoms with van der Waals surface area (Å²) in [5.41, 5.74) is 6.78. The molecule has 1 aliphatic heterocycles. The molecule has 9 heteroatoms. The molecule has 2 atom stereocenters. The highest BCUT2D eigenvalue weighted by Gasteiger charge is 2.46. The zero-order chi connectivity index (χ0) is 19.2. The standard InChI is InChI=1S/C17H13FI2N4OS/c1-17(13(19)15(25)24(2)16(22)23-17)12-6-10(14(20)26-12)8-3-4-11(18)9(5-8)7-21/h3-6,13H,1-2H3,(H2,22,23)/t13?,17-/m1/s1. The number of carbonyl (C=O) groups excluding carboxylic acids is 1. The number of rotatable bonds is 2. The van der Waals surface area contributed by atoms with Crippen molar-refractivity contribution in [3.63, 3.8) is 0 Å². The van der Waals surface area contributed by atoms with Gasteiger partial charge in [-0.1, -0.05) is 28.7 Å². The lowest BCUT2D eigenvalue weighted by molar-refractivity contribution is -0.127. The van der Waals surface area contributed by atoms with E-state index in [9.17, 15) is 9.18 Å². The molecule has 0 radical (unpaired) electrons. The van der Waals surface area contributed by atoms with Crippen LogP contribution in [0.1, 0.15) is 17.4 Å². The SMILES string of the molecule is CN1C(=O)C(I)[C@@](C)(c2cc(-c3ccc(F)c(C#N)c3)c(I)s2)N=C1N. The van der Waals surface area contributed by atoms with E-state index in [4.69, 9.17) is 11.0 Å². The highest BCUT2D eigenvalue weighted by Crippen LogP contribution is 2.44. The van der Waals surface area contributed by atoms with Gasteiger partial charge in [0.25, 0.3) is 0 Å². The van der Waals surface area contributed by atoms with Crippen LogP contribution in [-0.4, -0.2) is 27.7 Å². The van der Waals surface area contributed by atoms with E-state index in [2.05, 4.69) is 50.2 Å². The second kappa shape index (κ2) is 7.05. The van der Waals surface area contributed by atoms with Crippen molar-refractivity contribution in [1.82, 2.24) is 4.90 Å². The van der Waals surface area contributed by atoms with Crippen LogP contribution in [0.2, 0.25) is 0 Å². The molecule has 5 nitrogen and oxygen atoms in total. The van der Waals surface area contributed by atoms with Crippen molar-refractivity contribution in [3.8, 4) is 17.2 Å². The Bertz CT molecular complexity index is 984. The molecule has 0 saturated heterocycles. The van der Waals surface area contributed by atoms with Gasteiger partial charge in [-0.2, -0.15) is 5.26 Å². The Balaban J connectivity index is 2.12. The van der Waals surface area contributed by atoms with Gasteiger partial charge < -0.3 is 5.73 Å². The lowest BCUT2D eigenvalue weighted by Gasteiger charge is -2.36. The first kappa shape index (κ1) is 19.5. The first-order chi connectivity index (χ1) is 12.2. The first-order valence-electron chi connectivity index (χ1n) is 7.46. The van der Waals surface area contributed by atoms with Gasteiger partial charge in [0.15, 0.2) is 5.96 Å². The molecule has 0 fully saturated rings. The van der Waals surface area contributed by atoms with Crippen LogP contribution in [0.25, 0.3) is 11.1 Å². The van der Waals surface area contributed by atoms with Crippen LogP contribution in [0.4, 0.5) is 4.39 Å². The minimum atomic E-state index is -0.783. The number of aliphatic imine (C=N–C) groups is 1. The third-order valence-electron chi connectivity index (χ3n) is 4.31. The van der Waals surface area contributed by atoms with Crippen molar-refractivity contribution in [3.05, 3.63) is 43.4 Å². The maximum Gasteiger partial charge on any atom is 0.244 e. The van der Waals surface area contributed by atoms with Crippen LogP contribution in [-0.2, 0) is 10.3 Å². The number of hydrogen-bond acceptors (Lipinski definition) is 5. The van der Waals surface area contributed by atoms with Gasteiger partial charge in [-0.05, 0) is 53.3 Å². The molecule has 1 unspecified atom stereocenters. The van der Waals surface area contributed by atoms with Gasteiger partial charge in [0.05, 0.1) is 8.45 Å². The summed E-state index contributed by atoms with van der Waals surface area (Å²) in [6, 6.07) is 8.28. The normalized spacial score (nSPS) is 22.9. The molecule has 1 aromatic carbocycles. The second-order valence-electron chi connectivity index (χ2n) is 5.98. The van der Waals surface area contributed by atoms with Crippen molar-refractivity contribution in [2.75, 3.05) is 7.05 Å². The average molecular weight is 594 g/mol. The molecular weight excluding hydrogens is 581 g/mol. The summed E-state index contributed by atoms with van der Waals surface area (Å²) in [5.74, 6) is -0.456. The number of hydrogen-bond donors (Lipinski definition) is 1. The number of thiophene rings is 1. The van der Waals surface area contributed by atoms with E-state index in [-0.39, 0.29) is 17.4 Å². The Kier molecular flexibility index (Phi) is 5.28. The largest absolute Gasteiger partial charge is 0.369 e. The van der Waals surface area contributed by atoms with Gasteiger partial charge in [0.1, 0.15) is 21.4 Å². The summed E-state index contributed by atoms with van der Waals surface area (Å²) in [4.78, 5) is 19.3. The van der Waals surface area contributed by atoms with Crippen LogP contribution in [0.3, 0.4) is 0 Å². The molecule has 2 N–H and O–H groups in total. The van der Waals surface area contributed by atoms with E-state index >= 15 is 0 Å². The third kappa shape index (κ3) is 3.11. The molecule has 1 aliphatic rings. The number of carbonyl (C=O) groups is 1. The Morgan fingerprint density at radius 1 is 1.46 bits per heavy atom. The van der Waals surface area contributed by atoms with Crippen LogP contribution < -0.4 is 5.73 Å². The molecule has 0 bridgehead atoms. The van der Waals surface area contributed by atoms with Gasteiger partial charge in [0, 0.05) is 17.5 Å². The van der Waals surface area contributed by atoms with Gasteiger partial charge >= 0.3 is 0 Å². The second-order valence-corrected chi connectivity index (χ2v) is 10.1. The van der Waals surface area contributed by atoms with Crippen molar-refractivity contribution >= 4 is 68.4 Å². The number of halogens is 3. The van der Waals surface area contributed by atoms with Crippen LogP contribution in [0, 0.1) is 20.0 Å². The molecule has 1 aromatic heterocycles. The highest BCUT2D eigenvalue weighted by atomic mass is 127. The lowest BCUT2D eigenvalue weighted by Crippen LogP contribution is -2.54. The molecular formula is C17H13FI2N4OS. The number of nitrogens with zero attached hydrogens (tertiary/aromatic N) is 3. The molecule has 1 amide bonds. The van der Waals surface area contributed by atoms with Crippen molar-refractivity contribution in [2.24, 2.45) is 10.7 Å². The quantitative estimate of drug-likeness (QED) is 0.424. The molecule has 134 valence electrons. The predicted molar refractivity (Wildman–Crippen MR) is 117 cm³/mol. The Labute approximate surface area is 181 Å². The fourth-order valence-corrected chi connectivity index (χ4v) is 5.98. The van der Waals surface area contributed by atoms with Crippen molar-refractivity contribution < 1.29 is 9.18 Å². The van der Waals surface area contributed by atoms with Gasteiger partial charge in [-0.3, -0.25) is 9.69 Å². The number of amides is 1. The molecule has 0 spiro atoms. The molecule has 3 rings (SSSR count). The van der Waals surface area contributed by atoms with E-state index in [0.29, 0.717) is 0 Å². The Hall–Kier alpha value is -1.26. The minimum Gasteiger partial charge on any atom is -0.369 e. The molecule has 0 saturated carbocycles. The Morgan fingerprint density at radius 2 is 2.15 bits per heavy atom. The number of benzene rings is 1. The van der Waals surface area contributed by atoms with Crippen molar-refractivity contribution in [1.29, 1.82) is 5.26 Å². The van der Waals surface area contributed by atoms with Gasteiger partial charge in [0.2, 0.25) is 5.91 Å². The number of alkyl halides is 1. The highest BCUT2D eigenvalue weighted by molar-refractivity contribution is 14.1. The van der Waals surface area contributed by atoms with Gasteiger partial charge in [-0.25, -0.2) is 9.38 Å². The van der Waals surface area contributed by atoms with Crippen molar-refractivity contribution in [2.45, 2.75) is 16.4 Å². The summed E-state index contributed by atoms with van der Waals surface area (Å²) in [6.07, 6.45) is 0. The fourth-order valence-electron chi connectivity index (χ4n) is 2.67. The first-order valence-corrected chi connectivity index (χ1v) is 10.6. The van der Waals surface area contributed by atoms with E-state index in [1.54, 1.807) is 13.1 Å².